The Kier molecular flexibility index (Phi) is 10.0. The second kappa shape index (κ2) is 14.1. The fourth-order valence-electron chi connectivity index (χ4n) is 4.62. The summed E-state index contributed by atoms with van der Waals surface area (Å²) in [4.78, 5) is 25.8. The SMILES string of the molecule is COc1ccccc1C(CCN(Cc1ccccc1)C(=O)CCOCCNC(=O)O)c1ccc2c(c1)OCO2. The first-order valence-corrected chi connectivity index (χ1v) is 12.9. The molecule has 39 heavy (non-hydrogen) atoms. The maximum absolute atomic E-state index is 13.3. The van der Waals surface area contributed by atoms with Gasteiger partial charge in [-0.15, -0.1) is 0 Å². The number of amides is 2. The van der Waals surface area contributed by atoms with Crippen molar-refractivity contribution in [3.05, 3.63) is 89.5 Å². The molecule has 3 aromatic rings. The maximum atomic E-state index is 13.3. The maximum Gasteiger partial charge on any atom is 0.404 e. The van der Waals surface area contributed by atoms with Crippen LogP contribution in [0.1, 0.15) is 35.4 Å². The van der Waals surface area contributed by atoms with Crippen molar-refractivity contribution in [2.45, 2.75) is 25.3 Å². The molecule has 1 aliphatic rings. The molecule has 3 aromatic carbocycles. The van der Waals surface area contributed by atoms with Gasteiger partial charge in [0.2, 0.25) is 12.7 Å². The van der Waals surface area contributed by atoms with Gasteiger partial charge in [0, 0.05) is 31.1 Å². The molecule has 0 saturated heterocycles. The lowest BCUT2D eigenvalue weighted by atomic mass is 9.87. The predicted molar refractivity (Wildman–Crippen MR) is 145 cm³/mol. The van der Waals surface area contributed by atoms with E-state index in [9.17, 15) is 9.59 Å². The number of carboxylic acid groups (broad SMARTS) is 1. The molecule has 0 spiro atoms. The van der Waals surface area contributed by atoms with Gasteiger partial charge < -0.3 is 34.3 Å². The van der Waals surface area contributed by atoms with Gasteiger partial charge in [-0.05, 0) is 35.7 Å². The number of fused-ring (bicyclic) bond motifs is 1. The Morgan fingerprint density at radius 3 is 2.56 bits per heavy atom. The Morgan fingerprint density at radius 2 is 1.77 bits per heavy atom. The summed E-state index contributed by atoms with van der Waals surface area (Å²) in [7, 11) is 1.66. The van der Waals surface area contributed by atoms with Crippen molar-refractivity contribution in [1.29, 1.82) is 0 Å². The molecule has 1 aliphatic heterocycles. The van der Waals surface area contributed by atoms with Crippen LogP contribution in [0.25, 0.3) is 0 Å². The van der Waals surface area contributed by atoms with Gasteiger partial charge in [-0.3, -0.25) is 4.79 Å². The van der Waals surface area contributed by atoms with Crippen LogP contribution in [0, 0.1) is 0 Å². The minimum Gasteiger partial charge on any atom is -0.496 e. The minimum atomic E-state index is -1.10. The molecule has 0 fully saturated rings. The van der Waals surface area contributed by atoms with E-state index in [1.54, 1.807) is 7.11 Å². The second-order valence-corrected chi connectivity index (χ2v) is 9.09. The van der Waals surface area contributed by atoms with Crippen LogP contribution in [0.2, 0.25) is 0 Å². The quantitative estimate of drug-likeness (QED) is 0.290. The van der Waals surface area contributed by atoms with Gasteiger partial charge in [-0.2, -0.15) is 0 Å². The molecule has 4 rings (SSSR count). The molecule has 0 radical (unpaired) electrons. The van der Waals surface area contributed by atoms with E-state index in [-0.39, 0.29) is 44.8 Å². The van der Waals surface area contributed by atoms with Crippen molar-refractivity contribution >= 4 is 12.0 Å². The minimum absolute atomic E-state index is 0.0329. The van der Waals surface area contributed by atoms with E-state index in [0.29, 0.717) is 25.3 Å². The molecule has 0 bridgehead atoms. The van der Waals surface area contributed by atoms with Gasteiger partial charge in [0.05, 0.1) is 26.7 Å². The zero-order valence-electron chi connectivity index (χ0n) is 22.0. The smallest absolute Gasteiger partial charge is 0.404 e. The zero-order chi connectivity index (χ0) is 27.5. The molecule has 1 heterocycles. The average Bonchev–Trinajstić information content (AvgIpc) is 3.43. The molecule has 0 aliphatic carbocycles. The number of nitrogens with zero attached hydrogens (tertiary/aromatic N) is 1. The van der Waals surface area contributed by atoms with Crippen molar-refractivity contribution in [2.75, 3.05) is 40.2 Å². The first-order chi connectivity index (χ1) is 19.0. The number of nitrogens with one attached hydrogen (secondary N) is 1. The van der Waals surface area contributed by atoms with E-state index in [1.807, 2.05) is 71.6 Å². The van der Waals surface area contributed by atoms with Gasteiger partial charge in [0.15, 0.2) is 11.5 Å². The Hall–Kier alpha value is -4.24. The molecule has 206 valence electrons. The highest BCUT2D eigenvalue weighted by Crippen LogP contribution is 2.40. The Labute approximate surface area is 228 Å². The average molecular weight is 535 g/mol. The summed E-state index contributed by atoms with van der Waals surface area (Å²) in [6.07, 6.45) is -0.249. The monoisotopic (exact) mass is 534 g/mol. The van der Waals surface area contributed by atoms with Crippen LogP contribution in [-0.2, 0) is 16.1 Å². The Bertz CT molecular complexity index is 1230. The molecule has 0 saturated carbocycles. The van der Waals surface area contributed by atoms with Crippen LogP contribution in [-0.4, -0.2) is 62.2 Å². The number of ether oxygens (including phenoxy) is 4. The van der Waals surface area contributed by atoms with E-state index in [4.69, 9.17) is 24.1 Å². The third-order valence-corrected chi connectivity index (χ3v) is 6.55. The summed E-state index contributed by atoms with van der Waals surface area (Å²) >= 11 is 0. The third kappa shape index (κ3) is 7.87. The van der Waals surface area contributed by atoms with Crippen LogP contribution in [0.4, 0.5) is 4.79 Å². The van der Waals surface area contributed by atoms with Crippen LogP contribution in [0.15, 0.2) is 72.8 Å². The van der Waals surface area contributed by atoms with Crippen LogP contribution in [0.3, 0.4) is 0 Å². The highest BCUT2D eigenvalue weighted by molar-refractivity contribution is 5.76. The fourth-order valence-corrected chi connectivity index (χ4v) is 4.62. The standard InChI is InChI=1S/C30H34N2O7/c1-36-26-10-6-5-9-25(26)24(23-11-12-27-28(19-23)39-21-38-27)13-16-32(20-22-7-3-2-4-8-22)29(33)14-17-37-18-15-31-30(34)35/h2-12,19,24,31H,13-18,20-21H2,1H3,(H,34,35). The number of carbonyl (C=O) groups excluding carboxylic acids is 1. The number of para-hydroxylation sites is 1. The Balaban J connectivity index is 1.50. The largest absolute Gasteiger partial charge is 0.496 e. The first-order valence-electron chi connectivity index (χ1n) is 12.9. The summed E-state index contributed by atoms with van der Waals surface area (Å²) in [5.74, 6) is 2.12. The summed E-state index contributed by atoms with van der Waals surface area (Å²) in [6.45, 7) is 1.77. The topological polar surface area (TPSA) is 107 Å². The number of hydrogen-bond donors (Lipinski definition) is 2. The fraction of sp³-hybridized carbons (Fsp3) is 0.333. The normalized spacial score (nSPS) is 12.5. The molecule has 2 N–H and O–H groups in total. The molecule has 2 amide bonds. The van der Waals surface area contributed by atoms with Crippen molar-refractivity contribution in [2.24, 2.45) is 0 Å². The third-order valence-electron chi connectivity index (χ3n) is 6.55. The zero-order valence-corrected chi connectivity index (χ0v) is 22.0. The van der Waals surface area contributed by atoms with E-state index in [2.05, 4.69) is 11.4 Å². The molecule has 1 atom stereocenters. The molecule has 9 nitrogen and oxygen atoms in total. The lowest BCUT2D eigenvalue weighted by Crippen LogP contribution is -2.33. The Morgan fingerprint density at radius 1 is 1.00 bits per heavy atom. The molecular formula is C30H34N2O7. The highest BCUT2D eigenvalue weighted by atomic mass is 16.7. The van der Waals surface area contributed by atoms with Gasteiger partial charge in [-0.1, -0.05) is 54.6 Å². The van der Waals surface area contributed by atoms with Gasteiger partial charge in [0.25, 0.3) is 0 Å². The molecular weight excluding hydrogens is 500 g/mol. The molecule has 1 unspecified atom stereocenters. The predicted octanol–water partition coefficient (Wildman–Crippen LogP) is 4.65. The van der Waals surface area contributed by atoms with Crippen molar-refractivity contribution in [3.63, 3.8) is 0 Å². The van der Waals surface area contributed by atoms with Crippen molar-refractivity contribution in [3.8, 4) is 17.2 Å². The van der Waals surface area contributed by atoms with Gasteiger partial charge in [0.1, 0.15) is 5.75 Å². The summed E-state index contributed by atoms with van der Waals surface area (Å²) in [6, 6.07) is 23.8. The lowest BCUT2D eigenvalue weighted by molar-refractivity contribution is -0.133. The summed E-state index contributed by atoms with van der Waals surface area (Å²) < 4.78 is 22.3. The van der Waals surface area contributed by atoms with Crippen molar-refractivity contribution in [1.82, 2.24) is 10.2 Å². The number of hydrogen-bond acceptors (Lipinski definition) is 6. The molecule has 0 aromatic heterocycles. The van der Waals surface area contributed by atoms with E-state index in [1.165, 1.54) is 0 Å². The van der Waals surface area contributed by atoms with Gasteiger partial charge >= 0.3 is 6.09 Å². The highest BCUT2D eigenvalue weighted by Gasteiger charge is 2.24. The van der Waals surface area contributed by atoms with Gasteiger partial charge in [-0.25, -0.2) is 4.79 Å². The van der Waals surface area contributed by atoms with E-state index in [0.717, 1.165) is 28.2 Å². The van der Waals surface area contributed by atoms with Crippen LogP contribution < -0.4 is 19.5 Å². The summed E-state index contributed by atoms with van der Waals surface area (Å²) in [5.41, 5.74) is 3.11. The number of carbonyl (C=O) groups is 2. The second-order valence-electron chi connectivity index (χ2n) is 9.09. The van der Waals surface area contributed by atoms with Crippen LogP contribution in [0.5, 0.6) is 17.2 Å². The van der Waals surface area contributed by atoms with E-state index >= 15 is 0 Å². The lowest BCUT2D eigenvalue weighted by Gasteiger charge is -2.27. The summed E-state index contributed by atoms with van der Waals surface area (Å²) in [5, 5.41) is 10.9. The number of benzene rings is 3. The van der Waals surface area contributed by atoms with Crippen molar-refractivity contribution < 1.29 is 33.6 Å². The number of rotatable bonds is 14. The number of methoxy groups -OCH3 is 1. The van der Waals surface area contributed by atoms with E-state index < -0.39 is 6.09 Å². The van der Waals surface area contributed by atoms with Crippen LogP contribution >= 0.6 is 0 Å². The molecule has 9 heteroatoms. The first kappa shape index (κ1) is 27.8.